The lowest BCUT2D eigenvalue weighted by Crippen LogP contribution is -2.39. The average molecular weight is 408 g/mol. The van der Waals surface area contributed by atoms with Crippen LogP contribution in [0.1, 0.15) is 24.2 Å². The molecule has 0 heterocycles. The van der Waals surface area contributed by atoms with Gasteiger partial charge in [0.05, 0.1) is 5.56 Å². The summed E-state index contributed by atoms with van der Waals surface area (Å²) < 4.78 is 0.967. The number of amides is 1. The number of halogens is 1. The second-order valence-corrected chi connectivity index (χ2v) is 6.71. The SMILES string of the molecule is CC(C)C(CNC(=O)c1ccccc1I)Nc1ccccc1. The van der Waals surface area contributed by atoms with Crippen LogP contribution in [0, 0.1) is 9.49 Å². The lowest BCUT2D eigenvalue weighted by atomic mass is 10.0. The van der Waals surface area contributed by atoms with Gasteiger partial charge in [-0.15, -0.1) is 0 Å². The van der Waals surface area contributed by atoms with Gasteiger partial charge >= 0.3 is 0 Å². The summed E-state index contributed by atoms with van der Waals surface area (Å²) in [6, 6.07) is 17.9. The summed E-state index contributed by atoms with van der Waals surface area (Å²) in [7, 11) is 0. The largest absolute Gasteiger partial charge is 0.380 e. The third kappa shape index (κ3) is 4.73. The Kier molecular flexibility index (Phi) is 6.24. The van der Waals surface area contributed by atoms with Crippen molar-refractivity contribution in [2.24, 2.45) is 5.92 Å². The molecule has 2 aromatic rings. The zero-order valence-corrected chi connectivity index (χ0v) is 15.0. The van der Waals surface area contributed by atoms with Gasteiger partial charge in [0, 0.05) is 21.8 Å². The normalized spacial score (nSPS) is 12.0. The minimum absolute atomic E-state index is 0.0227. The van der Waals surface area contributed by atoms with Crippen LogP contribution in [0.2, 0.25) is 0 Å². The maximum atomic E-state index is 12.3. The number of rotatable bonds is 6. The summed E-state index contributed by atoms with van der Waals surface area (Å²) in [4.78, 5) is 12.3. The fraction of sp³-hybridized carbons (Fsp3) is 0.278. The Hall–Kier alpha value is -1.56. The van der Waals surface area contributed by atoms with E-state index in [0.29, 0.717) is 12.5 Å². The van der Waals surface area contributed by atoms with Gasteiger partial charge in [0.1, 0.15) is 0 Å². The number of carbonyl (C=O) groups is 1. The number of nitrogens with one attached hydrogen (secondary N) is 2. The van der Waals surface area contributed by atoms with Crippen LogP contribution in [0.3, 0.4) is 0 Å². The zero-order chi connectivity index (χ0) is 15.9. The first-order valence-electron chi connectivity index (χ1n) is 7.42. The molecule has 0 spiro atoms. The molecule has 4 heteroatoms. The molecule has 1 atom stereocenters. The first kappa shape index (κ1) is 16.8. The molecule has 2 N–H and O–H groups in total. The highest BCUT2D eigenvalue weighted by Gasteiger charge is 2.16. The Labute approximate surface area is 145 Å². The minimum Gasteiger partial charge on any atom is -0.380 e. The Morgan fingerprint density at radius 1 is 1.05 bits per heavy atom. The van der Waals surface area contributed by atoms with Crippen LogP contribution >= 0.6 is 22.6 Å². The number of para-hydroxylation sites is 1. The van der Waals surface area contributed by atoms with Gasteiger partial charge in [-0.25, -0.2) is 0 Å². The monoisotopic (exact) mass is 408 g/mol. The van der Waals surface area contributed by atoms with Crippen molar-refractivity contribution >= 4 is 34.2 Å². The van der Waals surface area contributed by atoms with Crippen LogP contribution in [-0.4, -0.2) is 18.5 Å². The summed E-state index contributed by atoms with van der Waals surface area (Å²) in [5, 5.41) is 6.52. The fourth-order valence-corrected chi connectivity index (χ4v) is 2.78. The van der Waals surface area contributed by atoms with E-state index in [1.54, 1.807) is 0 Å². The first-order valence-corrected chi connectivity index (χ1v) is 8.50. The molecule has 1 unspecified atom stereocenters. The molecule has 0 aromatic heterocycles. The first-order chi connectivity index (χ1) is 10.6. The van der Waals surface area contributed by atoms with Crippen LogP contribution in [0.15, 0.2) is 54.6 Å². The van der Waals surface area contributed by atoms with Crippen molar-refractivity contribution in [1.29, 1.82) is 0 Å². The van der Waals surface area contributed by atoms with Crippen molar-refractivity contribution in [2.45, 2.75) is 19.9 Å². The molecule has 0 fully saturated rings. The molecule has 22 heavy (non-hydrogen) atoms. The third-order valence-electron chi connectivity index (χ3n) is 3.53. The molecule has 2 rings (SSSR count). The maximum Gasteiger partial charge on any atom is 0.252 e. The number of benzene rings is 2. The molecule has 0 aliphatic rings. The van der Waals surface area contributed by atoms with Gasteiger partial charge in [-0.05, 0) is 52.8 Å². The third-order valence-corrected chi connectivity index (χ3v) is 4.47. The van der Waals surface area contributed by atoms with E-state index in [0.717, 1.165) is 14.8 Å². The second-order valence-electron chi connectivity index (χ2n) is 5.55. The van der Waals surface area contributed by atoms with Gasteiger partial charge in [0.15, 0.2) is 0 Å². The molecular weight excluding hydrogens is 387 g/mol. The summed E-state index contributed by atoms with van der Waals surface area (Å²) in [6.45, 7) is 4.90. The number of hydrogen-bond acceptors (Lipinski definition) is 2. The number of hydrogen-bond donors (Lipinski definition) is 2. The van der Waals surface area contributed by atoms with Crippen LogP contribution < -0.4 is 10.6 Å². The Morgan fingerprint density at radius 3 is 2.32 bits per heavy atom. The molecule has 0 radical (unpaired) electrons. The summed E-state index contributed by atoms with van der Waals surface area (Å²) >= 11 is 2.19. The predicted molar refractivity (Wildman–Crippen MR) is 100 cm³/mol. The van der Waals surface area contributed by atoms with E-state index < -0.39 is 0 Å². The van der Waals surface area contributed by atoms with Crippen LogP contribution in [-0.2, 0) is 0 Å². The molecule has 0 aliphatic heterocycles. The second kappa shape index (κ2) is 8.17. The molecular formula is C18H21IN2O. The highest BCUT2D eigenvalue weighted by Crippen LogP contribution is 2.13. The standard InChI is InChI=1S/C18H21IN2O/c1-13(2)17(21-14-8-4-3-5-9-14)12-20-18(22)15-10-6-7-11-16(15)19/h3-11,13,17,21H,12H2,1-2H3,(H,20,22). The Balaban J connectivity index is 1.97. The van der Waals surface area contributed by atoms with E-state index in [1.165, 1.54) is 0 Å². The lowest BCUT2D eigenvalue weighted by molar-refractivity contribution is 0.0949. The lowest BCUT2D eigenvalue weighted by Gasteiger charge is -2.24. The van der Waals surface area contributed by atoms with Crippen LogP contribution in [0.5, 0.6) is 0 Å². The molecule has 116 valence electrons. The van der Waals surface area contributed by atoms with Crippen molar-refractivity contribution in [1.82, 2.24) is 5.32 Å². The van der Waals surface area contributed by atoms with Gasteiger partial charge in [-0.1, -0.05) is 44.2 Å². The minimum atomic E-state index is -0.0227. The van der Waals surface area contributed by atoms with Crippen molar-refractivity contribution in [2.75, 3.05) is 11.9 Å². The van der Waals surface area contributed by atoms with Crippen LogP contribution in [0.25, 0.3) is 0 Å². The summed E-state index contributed by atoms with van der Waals surface area (Å²) in [6.07, 6.45) is 0. The fourth-order valence-electron chi connectivity index (χ4n) is 2.15. The predicted octanol–water partition coefficient (Wildman–Crippen LogP) is 4.16. The summed E-state index contributed by atoms with van der Waals surface area (Å²) in [5.74, 6) is 0.390. The smallest absolute Gasteiger partial charge is 0.252 e. The van der Waals surface area contributed by atoms with E-state index in [-0.39, 0.29) is 11.9 Å². The van der Waals surface area contributed by atoms with Gasteiger partial charge in [-0.3, -0.25) is 4.79 Å². The van der Waals surface area contributed by atoms with E-state index in [2.05, 4.69) is 47.1 Å². The molecule has 0 saturated carbocycles. The van der Waals surface area contributed by atoms with E-state index in [4.69, 9.17) is 0 Å². The molecule has 3 nitrogen and oxygen atoms in total. The highest BCUT2D eigenvalue weighted by molar-refractivity contribution is 14.1. The molecule has 2 aromatic carbocycles. The topological polar surface area (TPSA) is 41.1 Å². The Bertz CT molecular complexity index is 613. The van der Waals surface area contributed by atoms with E-state index in [1.807, 2.05) is 54.6 Å². The van der Waals surface area contributed by atoms with Crippen molar-refractivity contribution in [3.8, 4) is 0 Å². The summed E-state index contributed by atoms with van der Waals surface area (Å²) in [5.41, 5.74) is 1.80. The van der Waals surface area contributed by atoms with E-state index in [9.17, 15) is 4.79 Å². The molecule has 0 saturated heterocycles. The Morgan fingerprint density at radius 2 is 1.68 bits per heavy atom. The van der Waals surface area contributed by atoms with Crippen molar-refractivity contribution < 1.29 is 4.79 Å². The average Bonchev–Trinajstić information content (AvgIpc) is 2.52. The quantitative estimate of drug-likeness (QED) is 0.705. The van der Waals surface area contributed by atoms with Gasteiger partial charge in [0.25, 0.3) is 5.91 Å². The van der Waals surface area contributed by atoms with Gasteiger partial charge in [-0.2, -0.15) is 0 Å². The highest BCUT2D eigenvalue weighted by atomic mass is 127. The van der Waals surface area contributed by atoms with Crippen molar-refractivity contribution in [3.63, 3.8) is 0 Å². The van der Waals surface area contributed by atoms with E-state index >= 15 is 0 Å². The number of anilines is 1. The van der Waals surface area contributed by atoms with Gasteiger partial charge < -0.3 is 10.6 Å². The van der Waals surface area contributed by atoms with Crippen molar-refractivity contribution in [3.05, 3.63) is 63.7 Å². The number of carbonyl (C=O) groups excluding carboxylic acids is 1. The maximum absolute atomic E-state index is 12.3. The molecule has 1 amide bonds. The zero-order valence-electron chi connectivity index (χ0n) is 12.8. The molecule has 0 bridgehead atoms. The molecule has 0 aliphatic carbocycles. The van der Waals surface area contributed by atoms with Crippen LogP contribution in [0.4, 0.5) is 5.69 Å². The van der Waals surface area contributed by atoms with Gasteiger partial charge in [0.2, 0.25) is 0 Å².